The molecule has 0 aliphatic heterocycles. The van der Waals surface area contributed by atoms with Crippen molar-refractivity contribution in [1.82, 2.24) is 9.97 Å². The summed E-state index contributed by atoms with van der Waals surface area (Å²) in [7, 11) is -3.34. The van der Waals surface area contributed by atoms with E-state index in [9.17, 15) is 18.0 Å². The number of rotatable bonds is 6. The molecule has 0 radical (unpaired) electrons. The first kappa shape index (κ1) is 20.8. The van der Waals surface area contributed by atoms with Gasteiger partial charge in [-0.1, -0.05) is 12.8 Å². The zero-order chi connectivity index (χ0) is 21.2. The summed E-state index contributed by atoms with van der Waals surface area (Å²) in [6.45, 7) is 0. The summed E-state index contributed by atoms with van der Waals surface area (Å²) in [6.07, 6.45) is 4.90. The molecule has 2 atom stereocenters. The lowest BCUT2D eigenvalue weighted by atomic mass is 9.91. The van der Waals surface area contributed by atoms with Gasteiger partial charge in [-0.05, 0) is 37.1 Å². The number of H-pyrrole nitrogens is 1. The van der Waals surface area contributed by atoms with Crippen LogP contribution < -0.4 is 27.7 Å². The maximum absolute atomic E-state index is 12.4. The first-order chi connectivity index (χ1) is 13.6. The highest BCUT2D eigenvalue weighted by Gasteiger charge is 2.24. The van der Waals surface area contributed by atoms with E-state index in [1.165, 1.54) is 24.3 Å². The molecule has 1 heterocycles. The second-order valence-corrected chi connectivity index (χ2v) is 9.14. The molecule has 1 fully saturated rings. The Kier molecular flexibility index (Phi) is 5.89. The Morgan fingerprint density at radius 1 is 1.21 bits per heavy atom. The van der Waals surface area contributed by atoms with Gasteiger partial charge in [0.2, 0.25) is 5.95 Å². The molecule has 3 rings (SSSR count). The number of aromatic nitrogens is 2. The van der Waals surface area contributed by atoms with Gasteiger partial charge in [-0.15, -0.1) is 0 Å². The second kappa shape index (κ2) is 8.21. The highest BCUT2D eigenvalue weighted by Crippen LogP contribution is 2.22. The first-order valence-corrected chi connectivity index (χ1v) is 11.1. The van der Waals surface area contributed by atoms with E-state index in [1.807, 2.05) is 0 Å². The summed E-state index contributed by atoms with van der Waals surface area (Å²) in [5.41, 5.74) is 10.9. The summed E-state index contributed by atoms with van der Waals surface area (Å²) < 4.78 is 23.2. The molecule has 1 aromatic carbocycles. The van der Waals surface area contributed by atoms with Gasteiger partial charge in [-0.25, -0.2) is 8.42 Å². The van der Waals surface area contributed by atoms with Crippen molar-refractivity contribution in [3.63, 3.8) is 0 Å². The van der Waals surface area contributed by atoms with Crippen LogP contribution in [0.5, 0.6) is 0 Å². The molecule has 2 aromatic rings. The van der Waals surface area contributed by atoms with Crippen LogP contribution in [0.4, 0.5) is 17.5 Å². The smallest absolute Gasteiger partial charge is 0.267 e. The number of aromatic amines is 1. The monoisotopic (exact) mass is 420 g/mol. The highest BCUT2D eigenvalue weighted by molar-refractivity contribution is 7.90. The van der Waals surface area contributed by atoms with Crippen LogP contribution in [0.3, 0.4) is 0 Å². The van der Waals surface area contributed by atoms with Crippen molar-refractivity contribution in [1.29, 1.82) is 0 Å². The summed E-state index contributed by atoms with van der Waals surface area (Å²) in [6, 6.07) is 5.73. The minimum absolute atomic E-state index is 0.0276. The van der Waals surface area contributed by atoms with E-state index in [4.69, 9.17) is 11.5 Å². The normalized spacial score (nSPS) is 19.5. The molecular weight excluding hydrogens is 396 g/mol. The van der Waals surface area contributed by atoms with Gasteiger partial charge in [-0.2, -0.15) is 4.98 Å². The third-order valence-corrected chi connectivity index (χ3v) is 5.98. The van der Waals surface area contributed by atoms with Gasteiger partial charge >= 0.3 is 0 Å². The Bertz CT molecular complexity index is 1060. The standard InChI is InChI=1S/C18H24N6O4S/c1-29(27,28)11-8-6-10(7-9-11)21-16-14(15(20)25)17(26)24-18(23-16)22-13-5-3-2-4-12(13)19/h6-9,12-13H,2-5,19H2,1H3,(H2,20,25)(H3,21,22,23,24,26)/t12-,13+/m0/s1. The number of primary amides is 1. The number of carbonyl (C=O) groups is 1. The van der Waals surface area contributed by atoms with Crippen molar-refractivity contribution in [2.45, 2.75) is 42.7 Å². The average Bonchev–Trinajstić information content (AvgIpc) is 2.63. The Morgan fingerprint density at radius 2 is 1.86 bits per heavy atom. The Hall–Kier alpha value is -2.92. The van der Waals surface area contributed by atoms with Gasteiger partial charge in [-0.3, -0.25) is 14.6 Å². The number of amides is 1. The number of benzene rings is 1. The number of carbonyl (C=O) groups excluding carboxylic acids is 1. The zero-order valence-electron chi connectivity index (χ0n) is 15.9. The van der Waals surface area contributed by atoms with Crippen LogP contribution in [-0.2, 0) is 9.84 Å². The van der Waals surface area contributed by atoms with Crippen molar-refractivity contribution in [3.05, 3.63) is 40.2 Å². The molecule has 10 nitrogen and oxygen atoms in total. The molecule has 1 aliphatic carbocycles. The number of nitrogens with one attached hydrogen (secondary N) is 3. The summed E-state index contributed by atoms with van der Waals surface area (Å²) in [5, 5.41) is 5.99. The Labute approximate surface area is 168 Å². The molecule has 1 amide bonds. The molecule has 1 aromatic heterocycles. The maximum Gasteiger partial charge on any atom is 0.267 e. The van der Waals surface area contributed by atoms with Crippen LogP contribution in [-0.4, -0.2) is 42.6 Å². The van der Waals surface area contributed by atoms with E-state index < -0.39 is 21.3 Å². The van der Waals surface area contributed by atoms with E-state index in [0.29, 0.717) is 5.69 Å². The largest absolute Gasteiger partial charge is 0.365 e. The minimum atomic E-state index is -3.34. The number of sulfone groups is 1. The van der Waals surface area contributed by atoms with Gasteiger partial charge in [0.1, 0.15) is 5.56 Å². The zero-order valence-corrected chi connectivity index (χ0v) is 16.8. The number of hydrogen-bond acceptors (Lipinski definition) is 8. The van der Waals surface area contributed by atoms with Crippen LogP contribution in [0.2, 0.25) is 0 Å². The summed E-state index contributed by atoms with van der Waals surface area (Å²) in [4.78, 5) is 31.2. The van der Waals surface area contributed by atoms with Crippen molar-refractivity contribution in [2.75, 3.05) is 16.9 Å². The molecule has 156 valence electrons. The van der Waals surface area contributed by atoms with E-state index in [0.717, 1.165) is 31.9 Å². The molecular formula is C18H24N6O4S. The molecule has 0 unspecified atom stereocenters. The molecule has 11 heteroatoms. The lowest BCUT2D eigenvalue weighted by Crippen LogP contribution is -2.43. The quantitative estimate of drug-likeness (QED) is 0.454. The SMILES string of the molecule is CS(=O)(=O)c1ccc(Nc2nc(N[C@@H]3CCCC[C@@H]3N)[nH]c(=O)c2C(N)=O)cc1. The van der Waals surface area contributed by atoms with Gasteiger partial charge in [0.05, 0.1) is 4.90 Å². The van der Waals surface area contributed by atoms with Crippen LogP contribution in [0.1, 0.15) is 36.0 Å². The fourth-order valence-electron chi connectivity index (χ4n) is 3.30. The fourth-order valence-corrected chi connectivity index (χ4v) is 3.93. The number of nitrogens with two attached hydrogens (primary N) is 2. The molecule has 0 bridgehead atoms. The maximum atomic E-state index is 12.4. The third-order valence-electron chi connectivity index (χ3n) is 4.85. The molecule has 7 N–H and O–H groups in total. The number of hydrogen-bond donors (Lipinski definition) is 5. The Balaban J connectivity index is 1.92. The second-order valence-electron chi connectivity index (χ2n) is 7.12. The third kappa shape index (κ3) is 4.93. The summed E-state index contributed by atoms with van der Waals surface area (Å²) in [5.74, 6) is -0.784. The van der Waals surface area contributed by atoms with Crippen molar-refractivity contribution < 1.29 is 13.2 Å². The lowest BCUT2D eigenvalue weighted by molar-refractivity contribution is 0.0999. The topological polar surface area (TPSA) is 173 Å². The molecule has 1 aliphatic rings. The van der Waals surface area contributed by atoms with Gasteiger partial charge in [0.15, 0.2) is 15.7 Å². The number of anilines is 3. The molecule has 29 heavy (non-hydrogen) atoms. The van der Waals surface area contributed by atoms with E-state index in [2.05, 4.69) is 20.6 Å². The van der Waals surface area contributed by atoms with Gasteiger partial charge in [0, 0.05) is 24.0 Å². The van der Waals surface area contributed by atoms with Gasteiger partial charge in [0.25, 0.3) is 11.5 Å². The van der Waals surface area contributed by atoms with Crippen molar-refractivity contribution >= 4 is 33.2 Å². The predicted octanol–water partition coefficient (Wildman–Crippen LogP) is 0.698. The van der Waals surface area contributed by atoms with Crippen LogP contribution in [0.15, 0.2) is 34.0 Å². The molecule has 0 spiro atoms. The first-order valence-electron chi connectivity index (χ1n) is 9.18. The van der Waals surface area contributed by atoms with E-state index in [-0.39, 0.29) is 34.3 Å². The lowest BCUT2D eigenvalue weighted by Gasteiger charge is -2.29. The summed E-state index contributed by atoms with van der Waals surface area (Å²) >= 11 is 0. The Morgan fingerprint density at radius 3 is 2.45 bits per heavy atom. The fraction of sp³-hybridized carbons (Fsp3) is 0.389. The van der Waals surface area contributed by atoms with E-state index in [1.54, 1.807) is 0 Å². The van der Waals surface area contributed by atoms with Crippen LogP contribution >= 0.6 is 0 Å². The molecule has 1 saturated carbocycles. The van der Waals surface area contributed by atoms with Crippen LogP contribution in [0, 0.1) is 0 Å². The average molecular weight is 420 g/mol. The van der Waals surface area contributed by atoms with Crippen molar-refractivity contribution in [2.24, 2.45) is 11.5 Å². The number of nitrogens with zero attached hydrogens (tertiary/aromatic N) is 1. The molecule has 0 saturated heterocycles. The minimum Gasteiger partial charge on any atom is -0.365 e. The predicted molar refractivity (Wildman–Crippen MR) is 110 cm³/mol. The van der Waals surface area contributed by atoms with Gasteiger partial charge < -0.3 is 22.1 Å². The van der Waals surface area contributed by atoms with E-state index >= 15 is 0 Å². The highest BCUT2D eigenvalue weighted by atomic mass is 32.2. The van der Waals surface area contributed by atoms with Crippen LogP contribution in [0.25, 0.3) is 0 Å². The van der Waals surface area contributed by atoms with Crippen molar-refractivity contribution in [3.8, 4) is 0 Å².